The number of nitrogens with zero attached hydrogens (tertiary/aromatic N) is 1. The Kier molecular flexibility index (Phi) is 4.26. The minimum atomic E-state index is -0.280. The number of hydrogen-bond acceptors (Lipinski definition) is 4. The Morgan fingerprint density at radius 1 is 1.21 bits per heavy atom. The van der Waals surface area contributed by atoms with Crippen LogP contribution >= 0.6 is 0 Å². The number of phenols is 1. The molecule has 0 spiro atoms. The fourth-order valence-corrected chi connectivity index (χ4v) is 1.74. The molecule has 0 saturated carbocycles. The first-order chi connectivity index (χ1) is 9.16. The molecule has 0 aliphatic rings. The van der Waals surface area contributed by atoms with Gasteiger partial charge in [-0.1, -0.05) is 0 Å². The average Bonchev–Trinajstić information content (AvgIpc) is 2.46. The maximum Gasteiger partial charge on any atom is 0.179 e. The Morgan fingerprint density at radius 2 is 1.84 bits per heavy atom. The minimum absolute atomic E-state index is 0.00839. The highest BCUT2D eigenvalue weighted by atomic mass is 16.3. The van der Waals surface area contributed by atoms with Crippen LogP contribution in [0.1, 0.15) is 22.8 Å². The summed E-state index contributed by atoms with van der Waals surface area (Å²) in [5.74, 6) is 0.169. The van der Waals surface area contributed by atoms with Crippen molar-refractivity contribution in [1.82, 2.24) is 10.3 Å². The van der Waals surface area contributed by atoms with Crippen molar-refractivity contribution in [3.05, 3.63) is 59.9 Å². The van der Waals surface area contributed by atoms with E-state index in [4.69, 9.17) is 0 Å². The Hall–Kier alpha value is -2.20. The van der Waals surface area contributed by atoms with Gasteiger partial charge in [-0.25, -0.2) is 0 Å². The van der Waals surface area contributed by atoms with Crippen molar-refractivity contribution < 1.29 is 9.90 Å². The topological polar surface area (TPSA) is 62.2 Å². The number of benzene rings is 1. The number of hydrogen-bond donors (Lipinski definition) is 2. The fourth-order valence-electron chi connectivity index (χ4n) is 1.74. The molecule has 19 heavy (non-hydrogen) atoms. The second kappa shape index (κ2) is 6.11. The first kappa shape index (κ1) is 13.2. The smallest absolute Gasteiger partial charge is 0.179 e. The second-order valence-electron chi connectivity index (χ2n) is 4.37. The van der Waals surface area contributed by atoms with Gasteiger partial charge >= 0.3 is 0 Å². The Bertz CT molecular complexity index is 538. The third-order valence-corrected chi connectivity index (χ3v) is 2.91. The van der Waals surface area contributed by atoms with Crippen molar-refractivity contribution in [3.8, 4) is 5.75 Å². The summed E-state index contributed by atoms with van der Waals surface area (Å²) in [4.78, 5) is 16.1. The van der Waals surface area contributed by atoms with E-state index >= 15 is 0 Å². The minimum Gasteiger partial charge on any atom is -0.508 e. The molecule has 1 aromatic carbocycles. The first-order valence-corrected chi connectivity index (χ1v) is 6.12. The molecule has 0 bridgehead atoms. The van der Waals surface area contributed by atoms with Gasteiger partial charge in [-0.3, -0.25) is 9.78 Å². The Labute approximate surface area is 112 Å². The first-order valence-electron chi connectivity index (χ1n) is 6.12. The number of rotatable bonds is 5. The van der Waals surface area contributed by atoms with E-state index in [1.165, 1.54) is 12.1 Å². The molecule has 0 fully saturated rings. The fraction of sp³-hybridized carbons (Fsp3) is 0.200. The number of carbonyl (C=O) groups is 1. The summed E-state index contributed by atoms with van der Waals surface area (Å²) in [6, 6.07) is 9.82. The SMILES string of the molecule is C[C@H](NCc1ccncc1)C(=O)c1ccc(O)cc1. The molecule has 0 amide bonds. The van der Waals surface area contributed by atoms with Crippen LogP contribution in [0.2, 0.25) is 0 Å². The maximum absolute atomic E-state index is 12.1. The summed E-state index contributed by atoms with van der Waals surface area (Å²) < 4.78 is 0. The van der Waals surface area contributed by atoms with E-state index in [2.05, 4.69) is 10.3 Å². The predicted octanol–water partition coefficient (Wildman–Crippen LogP) is 2.15. The van der Waals surface area contributed by atoms with Crippen LogP contribution in [0.4, 0.5) is 0 Å². The molecular weight excluding hydrogens is 240 g/mol. The summed E-state index contributed by atoms with van der Waals surface area (Å²) in [5.41, 5.74) is 1.67. The van der Waals surface area contributed by atoms with Gasteiger partial charge in [-0.05, 0) is 48.9 Å². The molecule has 2 N–H and O–H groups in total. The lowest BCUT2D eigenvalue weighted by atomic mass is 10.1. The van der Waals surface area contributed by atoms with Gasteiger partial charge in [-0.15, -0.1) is 0 Å². The van der Waals surface area contributed by atoms with Crippen LogP contribution in [0.5, 0.6) is 5.75 Å². The van der Waals surface area contributed by atoms with E-state index in [0.29, 0.717) is 12.1 Å². The lowest BCUT2D eigenvalue weighted by Gasteiger charge is -2.12. The van der Waals surface area contributed by atoms with Crippen LogP contribution in [0.3, 0.4) is 0 Å². The van der Waals surface area contributed by atoms with E-state index < -0.39 is 0 Å². The lowest BCUT2D eigenvalue weighted by molar-refractivity contribution is 0.0950. The highest BCUT2D eigenvalue weighted by molar-refractivity contribution is 5.99. The third kappa shape index (κ3) is 3.63. The number of pyridine rings is 1. The van der Waals surface area contributed by atoms with Gasteiger partial charge in [0.15, 0.2) is 5.78 Å². The number of Topliss-reactive ketones (excluding diaryl/α,β-unsaturated/α-hetero) is 1. The molecule has 1 heterocycles. The van der Waals surface area contributed by atoms with Crippen molar-refractivity contribution >= 4 is 5.78 Å². The second-order valence-corrected chi connectivity index (χ2v) is 4.37. The monoisotopic (exact) mass is 256 g/mol. The zero-order chi connectivity index (χ0) is 13.7. The van der Waals surface area contributed by atoms with Crippen LogP contribution in [0.15, 0.2) is 48.8 Å². The lowest BCUT2D eigenvalue weighted by Crippen LogP contribution is -2.33. The molecule has 4 nitrogen and oxygen atoms in total. The largest absolute Gasteiger partial charge is 0.508 e. The number of phenolic OH excluding ortho intramolecular Hbond substituents is 1. The molecule has 1 atom stereocenters. The average molecular weight is 256 g/mol. The van der Waals surface area contributed by atoms with Crippen LogP contribution in [0, 0.1) is 0 Å². The van der Waals surface area contributed by atoms with Crippen LogP contribution in [-0.4, -0.2) is 21.9 Å². The van der Waals surface area contributed by atoms with Gasteiger partial charge in [0, 0.05) is 24.5 Å². The highest BCUT2D eigenvalue weighted by Crippen LogP contribution is 2.11. The number of nitrogens with one attached hydrogen (secondary N) is 1. The van der Waals surface area contributed by atoms with Gasteiger partial charge in [0.2, 0.25) is 0 Å². The van der Waals surface area contributed by atoms with Crippen LogP contribution < -0.4 is 5.32 Å². The van der Waals surface area contributed by atoms with E-state index in [1.54, 1.807) is 24.5 Å². The molecule has 0 radical (unpaired) electrons. The maximum atomic E-state index is 12.1. The molecule has 0 saturated heterocycles. The Morgan fingerprint density at radius 3 is 2.47 bits per heavy atom. The zero-order valence-corrected chi connectivity index (χ0v) is 10.7. The number of aromatic hydroxyl groups is 1. The molecular formula is C15H16N2O2. The Balaban J connectivity index is 1.94. The molecule has 0 unspecified atom stereocenters. The van der Waals surface area contributed by atoms with Crippen molar-refractivity contribution in [3.63, 3.8) is 0 Å². The van der Waals surface area contributed by atoms with Crippen molar-refractivity contribution in [2.45, 2.75) is 19.5 Å². The predicted molar refractivity (Wildman–Crippen MR) is 73.0 cm³/mol. The van der Waals surface area contributed by atoms with E-state index in [-0.39, 0.29) is 17.6 Å². The summed E-state index contributed by atoms with van der Waals surface area (Å²) in [7, 11) is 0. The molecule has 1 aromatic heterocycles. The summed E-state index contributed by atoms with van der Waals surface area (Å²) in [5, 5.41) is 12.4. The number of carbonyl (C=O) groups excluding carboxylic acids is 1. The molecule has 98 valence electrons. The normalized spacial score (nSPS) is 12.1. The van der Waals surface area contributed by atoms with E-state index in [1.807, 2.05) is 19.1 Å². The zero-order valence-electron chi connectivity index (χ0n) is 10.7. The highest BCUT2D eigenvalue weighted by Gasteiger charge is 2.14. The molecule has 2 aromatic rings. The molecule has 0 aliphatic carbocycles. The molecule has 4 heteroatoms. The van der Waals surface area contributed by atoms with E-state index in [9.17, 15) is 9.90 Å². The van der Waals surface area contributed by atoms with Crippen molar-refractivity contribution in [2.24, 2.45) is 0 Å². The van der Waals surface area contributed by atoms with Gasteiger partial charge in [-0.2, -0.15) is 0 Å². The summed E-state index contributed by atoms with van der Waals surface area (Å²) >= 11 is 0. The third-order valence-electron chi connectivity index (χ3n) is 2.91. The van der Waals surface area contributed by atoms with Crippen LogP contribution in [-0.2, 0) is 6.54 Å². The van der Waals surface area contributed by atoms with Gasteiger partial charge < -0.3 is 10.4 Å². The summed E-state index contributed by atoms with van der Waals surface area (Å²) in [6.45, 7) is 2.45. The van der Waals surface area contributed by atoms with Crippen molar-refractivity contribution in [1.29, 1.82) is 0 Å². The van der Waals surface area contributed by atoms with E-state index in [0.717, 1.165) is 5.56 Å². The number of ketones is 1. The van der Waals surface area contributed by atoms with Gasteiger partial charge in [0.05, 0.1) is 6.04 Å². The molecule has 0 aliphatic heterocycles. The standard InChI is InChI=1S/C15H16N2O2/c1-11(17-10-12-6-8-16-9-7-12)15(19)13-2-4-14(18)5-3-13/h2-9,11,17-18H,10H2,1H3/t11-/m0/s1. The van der Waals surface area contributed by atoms with Gasteiger partial charge in [0.25, 0.3) is 0 Å². The van der Waals surface area contributed by atoms with Crippen molar-refractivity contribution in [2.75, 3.05) is 0 Å². The molecule has 2 rings (SSSR count). The van der Waals surface area contributed by atoms with Crippen LogP contribution in [0.25, 0.3) is 0 Å². The quantitative estimate of drug-likeness (QED) is 0.805. The number of aromatic nitrogens is 1. The van der Waals surface area contributed by atoms with Gasteiger partial charge in [0.1, 0.15) is 5.75 Å². The summed E-state index contributed by atoms with van der Waals surface area (Å²) in [6.07, 6.45) is 3.45.